The maximum absolute atomic E-state index is 13.0. The number of aliphatic carboxylic acids is 1. The van der Waals surface area contributed by atoms with Gasteiger partial charge in [0.15, 0.2) is 0 Å². The van der Waals surface area contributed by atoms with Crippen LogP contribution in [0.1, 0.15) is 31.2 Å². The molecule has 1 aliphatic rings. The molecular formula is C14H15FN2O2. The molecule has 0 aliphatic heterocycles. The molecule has 0 aromatic heterocycles. The fraction of sp³-hybridized carbons (Fsp3) is 0.429. The summed E-state index contributed by atoms with van der Waals surface area (Å²) in [4.78, 5) is 10.9. The van der Waals surface area contributed by atoms with Crippen molar-refractivity contribution in [3.05, 3.63) is 29.6 Å². The topological polar surface area (TPSA) is 73.1 Å². The molecule has 1 aliphatic carbocycles. The molecule has 4 nitrogen and oxygen atoms in total. The minimum atomic E-state index is -0.805. The zero-order chi connectivity index (χ0) is 13.9. The van der Waals surface area contributed by atoms with Crippen LogP contribution in [-0.4, -0.2) is 17.6 Å². The molecule has 0 radical (unpaired) electrons. The molecule has 0 unspecified atom stereocenters. The fourth-order valence-corrected chi connectivity index (χ4v) is 2.46. The van der Waals surface area contributed by atoms with Gasteiger partial charge < -0.3 is 10.4 Å². The van der Waals surface area contributed by atoms with E-state index in [0.29, 0.717) is 12.2 Å². The van der Waals surface area contributed by atoms with Crippen molar-refractivity contribution in [2.24, 2.45) is 5.41 Å². The lowest BCUT2D eigenvalue weighted by atomic mass is 9.66. The molecular weight excluding hydrogens is 247 g/mol. The SMILES string of the molecule is N#Cc1cc(F)ccc1NCC1(CC(=O)O)CCC1. The van der Waals surface area contributed by atoms with E-state index in [1.807, 2.05) is 6.07 Å². The third kappa shape index (κ3) is 3.02. The average Bonchev–Trinajstić information content (AvgIpc) is 2.33. The maximum atomic E-state index is 13.0. The van der Waals surface area contributed by atoms with E-state index in [1.54, 1.807) is 0 Å². The molecule has 1 fully saturated rings. The molecule has 0 heterocycles. The monoisotopic (exact) mass is 262 g/mol. The van der Waals surface area contributed by atoms with Crippen LogP contribution in [0.15, 0.2) is 18.2 Å². The highest BCUT2D eigenvalue weighted by Gasteiger charge is 2.38. The van der Waals surface area contributed by atoms with Crippen molar-refractivity contribution in [3.8, 4) is 6.07 Å². The minimum absolute atomic E-state index is 0.128. The lowest BCUT2D eigenvalue weighted by Crippen LogP contribution is -2.38. The van der Waals surface area contributed by atoms with Crippen LogP contribution in [0.5, 0.6) is 0 Å². The summed E-state index contributed by atoms with van der Waals surface area (Å²) in [5.74, 6) is -1.26. The number of hydrogen-bond donors (Lipinski definition) is 2. The summed E-state index contributed by atoms with van der Waals surface area (Å²) in [6.07, 6.45) is 2.90. The predicted octanol–water partition coefficient (Wildman–Crippen LogP) is 2.75. The third-order valence-electron chi connectivity index (χ3n) is 3.70. The van der Waals surface area contributed by atoms with Crippen molar-refractivity contribution >= 4 is 11.7 Å². The Morgan fingerprint density at radius 2 is 2.26 bits per heavy atom. The van der Waals surface area contributed by atoms with E-state index in [0.717, 1.165) is 19.3 Å². The van der Waals surface area contributed by atoms with Gasteiger partial charge in [0.2, 0.25) is 0 Å². The lowest BCUT2D eigenvalue weighted by Gasteiger charge is -2.41. The second-order valence-corrected chi connectivity index (χ2v) is 5.08. The Morgan fingerprint density at radius 1 is 1.53 bits per heavy atom. The van der Waals surface area contributed by atoms with Crippen molar-refractivity contribution in [2.75, 3.05) is 11.9 Å². The van der Waals surface area contributed by atoms with Crippen molar-refractivity contribution in [1.29, 1.82) is 5.26 Å². The van der Waals surface area contributed by atoms with Gasteiger partial charge in [0.1, 0.15) is 11.9 Å². The molecule has 1 aromatic carbocycles. The Balaban J connectivity index is 2.06. The van der Waals surface area contributed by atoms with Gasteiger partial charge in [-0.05, 0) is 36.5 Å². The first kappa shape index (κ1) is 13.3. The number of nitrogens with zero attached hydrogens (tertiary/aromatic N) is 1. The zero-order valence-electron chi connectivity index (χ0n) is 10.4. The number of carboxylic acid groups (broad SMARTS) is 1. The van der Waals surface area contributed by atoms with E-state index in [2.05, 4.69) is 5.32 Å². The van der Waals surface area contributed by atoms with Crippen LogP contribution in [0.3, 0.4) is 0 Å². The largest absolute Gasteiger partial charge is 0.481 e. The van der Waals surface area contributed by atoms with Gasteiger partial charge in [-0.25, -0.2) is 4.39 Å². The highest BCUT2D eigenvalue weighted by molar-refractivity contribution is 5.68. The third-order valence-corrected chi connectivity index (χ3v) is 3.70. The van der Waals surface area contributed by atoms with E-state index >= 15 is 0 Å². The van der Waals surface area contributed by atoms with Gasteiger partial charge in [-0.3, -0.25) is 4.79 Å². The summed E-state index contributed by atoms with van der Waals surface area (Å²) in [7, 11) is 0. The van der Waals surface area contributed by atoms with Crippen LogP contribution in [-0.2, 0) is 4.79 Å². The van der Waals surface area contributed by atoms with E-state index in [1.165, 1.54) is 18.2 Å². The highest BCUT2D eigenvalue weighted by Crippen LogP contribution is 2.44. The van der Waals surface area contributed by atoms with Gasteiger partial charge in [-0.2, -0.15) is 5.26 Å². The van der Waals surface area contributed by atoms with Gasteiger partial charge in [0.25, 0.3) is 0 Å². The molecule has 0 spiro atoms. The van der Waals surface area contributed by atoms with Crippen LogP contribution in [0.2, 0.25) is 0 Å². The predicted molar refractivity (Wildman–Crippen MR) is 68.1 cm³/mol. The van der Waals surface area contributed by atoms with Crippen molar-refractivity contribution in [3.63, 3.8) is 0 Å². The number of hydrogen-bond acceptors (Lipinski definition) is 3. The van der Waals surface area contributed by atoms with Crippen LogP contribution >= 0.6 is 0 Å². The first-order valence-electron chi connectivity index (χ1n) is 6.20. The Kier molecular flexibility index (Phi) is 3.70. The second-order valence-electron chi connectivity index (χ2n) is 5.08. The molecule has 2 rings (SSSR count). The van der Waals surface area contributed by atoms with Crippen LogP contribution in [0.4, 0.5) is 10.1 Å². The summed E-state index contributed by atoms with van der Waals surface area (Å²) >= 11 is 0. The smallest absolute Gasteiger partial charge is 0.303 e. The summed E-state index contributed by atoms with van der Waals surface area (Å²) in [6, 6.07) is 5.90. The summed E-state index contributed by atoms with van der Waals surface area (Å²) in [5.41, 5.74) is 0.567. The number of nitriles is 1. The number of halogens is 1. The Labute approximate surface area is 110 Å². The van der Waals surface area contributed by atoms with E-state index in [-0.39, 0.29) is 17.4 Å². The van der Waals surface area contributed by atoms with E-state index in [4.69, 9.17) is 10.4 Å². The first-order chi connectivity index (χ1) is 9.04. The quantitative estimate of drug-likeness (QED) is 0.855. The van der Waals surface area contributed by atoms with Gasteiger partial charge in [0.05, 0.1) is 17.7 Å². The van der Waals surface area contributed by atoms with E-state index in [9.17, 15) is 9.18 Å². The van der Waals surface area contributed by atoms with Crippen molar-refractivity contribution < 1.29 is 14.3 Å². The molecule has 0 atom stereocenters. The maximum Gasteiger partial charge on any atom is 0.303 e. The van der Waals surface area contributed by atoms with Crippen LogP contribution in [0.25, 0.3) is 0 Å². The van der Waals surface area contributed by atoms with Gasteiger partial charge >= 0.3 is 5.97 Å². The molecule has 0 saturated heterocycles. The molecule has 1 saturated carbocycles. The fourth-order valence-electron chi connectivity index (χ4n) is 2.46. The normalized spacial score (nSPS) is 16.2. The van der Waals surface area contributed by atoms with Crippen LogP contribution in [0, 0.1) is 22.6 Å². The summed E-state index contributed by atoms with van der Waals surface area (Å²) in [5, 5.41) is 20.9. The highest BCUT2D eigenvalue weighted by atomic mass is 19.1. The van der Waals surface area contributed by atoms with Crippen molar-refractivity contribution in [1.82, 2.24) is 0 Å². The Hall–Kier alpha value is -2.09. The Bertz CT molecular complexity index is 533. The number of nitrogens with one attached hydrogen (secondary N) is 1. The molecule has 19 heavy (non-hydrogen) atoms. The second kappa shape index (κ2) is 5.27. The standard InChI is InChI=1S/C14H15FN2O2/c15-11-2-3-12(10(6-11)8-16)17-9-14(4-1-5-14)7-13(18)19/h2-3,6,17H,1,4-5,7,9H2,(H,18,19). The number of anilines is 1. The molecule has 2 N–H and O–H groups in total. The minimum Gasteiger partial charge on any atom is -0.481 e. The van der Waals surface area contributed by atoms with Crippen LogP contribution < -0.4 is 5.32 Å². The Morgan fingerprint density at radius 3 is 2.79 bits per heavy atom. The lowest BCUT2D eigenvalue weighted by molar-refractivity contribution is -0.141. The van der Waals surface area contributed by atoms with Gasteiger partial charge in [-0.15, -0.1) is 0 Å². The van der Waals surface area contributed by atoms with Gasteiger partial charge in [-0.1, -0.05) is 6.42 Å². The number of rotatable bonds is 5. The number of benzene rings is 1. The van der Waals surface area contributed by atoms with Gasteiger partial charge in [0, 0.05) is 6.54 Å². The number of carboxylic acids is 1. The average molecular weight is 262 g/mol. The molecule has 0 bridgehead atoms. The number of carbonyl (C=O) groups is 1. The molecule has 100 valence electrons. The molecule has 1 aromatic rings. The molecule has 0 amide bonds. The first-order valence-corrected chi connectivity index (χ1v) is 6.20. The van der Waals surface area contributed by atoms with Crippen molar-refractivity contribution in [2.45, 2.75) is 25.7 Å². The summed E-state index contributed by atoms with van der Waals surface area (Å²) in [6.45, 7) is 0.500. The summed E-state index contributed by atoms with van der Waals surface area (Å²) < 4.78 is 13.0. The zero-order valence-corrected chi connectivity index (χ0v) is 10.4. The van der Waals surface area contributed by atoms with E-state index < -0.39 is 11.8 Å². The molecule has 5 heteroatoms.